The van der Waals surface area contributed by atoms with Crippen molar-refractivity contribution < 1.29 is 4.79 Å². The van der Waals surface area contributed by atoms with Gasteiger partial charge in [0.15, 0.2) is 0 Å². The molecular weight excluding hydrogens is 352 g/mol. The second-order valence-corrected chi connectivity index (χ2v) is 7.94. The first-order valence-electron chi connectivity index (χ1n) is 10.6. The molecule has 0 aromatic carbocycles. The van der Waals surface area contributed by atoms with Crippen molar-refractivity contribution in [3.05, 3.63) is 17.7 Å². The van der Waals surface area contributed by atoms with Crippen molar-refractivity contribution in [2.75, 3.05) is 37.4 Å². The van der Waals surface area contributed by atoms with Gasteiger partial charge in [-0.3, -0.25) is 10.2 Å². The summed E-state index contributed by atoms with van der Waals surface area (Å²) in [4.78, 5) is 19.6. The minimum Gasteiger partial charge on any atom is -0.373 e. The number of anilines is 2. The summed E-state index contributed by atoms with van der Waals surface area (Å²) in [5.74, 6) is 1.16. The molecule has 0 unspecified atom stereocenters. The van der Waals surface area contributed by atoms with Crippen LogP contribution in [0.25, 0.3) is 0 Å². The summed E-state index contributed by atoms with van der Waals surface area (Å²) in [7, 11) is 3.89. The van der Waals surface area contributed by atoms with E-state index in [-0.39, 0.29) is 17.7 Å². The lowest BCUT2D eigenvalue weighted by Gasteiger charge is -2.29. The molecule has 0 radical (unpaired) electrons. The molecule has 1 aliphatic heterocycles. The number of piperidine rings is 1. The highest BCUT2D eigenvalue weighted by atomic mass is 16.1. The van der Waals surface area contributed by atoms with Crippen LogP contribution in [0.3, 0.4) is 0 Å². The van der Waals surface area contributed by atoms with Gasteiger partial charge in [-0.2, -0.15) is 0 Å². The van der Waals surface area contributed by atoms with Crippen molar-refractivity contribution in [1.29, 1.82) is 5.41 Å². The number of nitrogens with one attached hydrogen (secondary N) is 4. The summed E-state index contributed by atoms with van der Waals surface area (Å²) in [6.07, 6.45) is 9.39. The third-order valence-electron chi connectivity index (χ3n) is 6.02. The summed E-state index contributed by atoms with van der Waals surface area (Å²) < 4.78 is 0. The molecule has 1 aromatic rings. The van der Waals surface area contributed by atoms with Gasteiger partial charge in [0, 0.05) is 31.7 Å². The van der Waals surface area contributed by atoms with Crippen LogP contribution >= 0.6 is 0 Å². The maximum absolute atomic E-state index is 12.6. The average molecular weight is 387 g/mol. The molecule has 1 aliphatic carbocycles. The molecule has 1 saturated carbocycles. The smallest absolute Gasteiger partial charge is 0.270 e. The van der Waals surface area contributed by atoms with Crippen molar-refractivity contribution in [2.24, 2.45) is 0 Å². The van der Waals surface area contributed by atoms with Crippen LogP contribution in [0, 0.1) is 5.41 Å². The molecule has 0 atom stereocenters. The maximum atomic E-state index is 12.6. The third-order valence-corrected chi connectivity index (χ3v) is 6.02. The maximum Gasteiger partial charge on any atom is 0.270 e. The summed E-state index contributed by atoms with van der Waals surface area (Å²) in [5.41, 5.74) is 0.519. The van der Waals surface area contributed by atoms with E-state index in [2.05, 4.69) is 27.9 Å². The standard InChI is InChI=1S/C21H34N6O/c1-23-20-17(19(22)21(28)25-15-11-13-24-14-12-15)9-10-18(26-20)27(2)16-7-5-3-4-6-8-16/h9-10,15-16,22,24H,3-8,11-14H2,1-2H3,(H,23,26)(H,25,28). The Morgan fingerprint density at radius 1 is 1.14 bits per heavy atom. The Morgan fingerprint density at radius 3 is 2.46 bits per heavy atom. The lowest BCUT2D eigenvalue weighted by atomic mass is 10.0. The van der Waals surface area contributed by atoms with E-state index in [0.717, 1.165) is 31.7 Å². The summed E-state index contributed by atoms with van der Waals surface area (Å²) in [6, 6.07) is 4.44. The minimum atomic E-state index is -0.324. The van der Waals surface area contributed by atoms with Crippen molar-refractivity contribution in [2.45, 2.75) is 63.5 Å². The topological polar surface area (TPSA) is 93.1 Å². The van der Waals surface area contributed by atoms with E-state index in [1.807, 2.05) is 12.1 Å². The number of aromatic nitrogens is 1. The van der Waals surface area contributed by atoms with Gasteiger partial charge in [-0.25, -0.2) is 4.98 Å². The molecular formula is C21H34N6O. The lowest BCUT2D eigenvalue weighted by Crippen LogP contribution is -2.45. The first kappa shape index (κ1) is 20.6. The van der Waals surface area contributed by atoms with Crippen LogP contribution in [-0.2, 0) is 4.79 Å². The molecule has 4 N–H and O–H groups in total. The molecule has 1 amide bonds. The van der Waals surface area contributed by atoms with Crippen LogP contribution in [0.2, 0.25) is 0 Å². The molecule has 28 heavy (non-hydrogen) atoms. The highest BCUT2D eigenvalue weighted by Gasteiger charge is 2.23. The molecule has 2 heterocycles. The quantitative estimate of drug-likeness (QED) is 0.445. The summed E-state index contributed by atoms with van der Waals surface area (Å²) in [5, 5.41) is 17.7. The largest absolute Gasteiger partial charge is 0.373 e. The predicted octanol–water partition coefficient (Wildman–Crippen LogP) is 2.52. The SMILES string of the molecule is CNc1nc(N(C)C2CCCCCC2)ccc1C(=N)C(=O)NC1CCNCC1. The van der Waals surface area contributed by atoms with Crippen molar-refractivity contribution in [1.82, 2.24) is 15.6 Å². The second-order valence-electron chi connectivity index (χ2n) is 7.94. The molecule has 1 saturated heterocycles. The van der Waals surface area contributed by atoms with Crippen molar-refractivity contribution >= 4 is 23.3 Å². The fourth-order valence-electron chi connectivity index (χ4n) is 4.22. The first-order chi connectivity index (χ1) is 13.6. The zero-order valence-electron chi connectivity index (χ0n) is 17.2. The predicted molar refractivity (Wildman–Crippen MR) is 115 cm³/mol. The van der Waals surface area contributed by atoms with Crippen LogP contribution in [0.4, 0.5) is 11.6 Å². The van der Waals surface area contributed by atoms with E-state index in [9.17, 15) is 4.79 Å². The normalized spacial score (nSPS) is 18.9. The van der Waals surface area contributed by atoms with Gasteiger partial charge in [-0.1, -0.05) is 25.7 Å². The molecule has 3 rings (SSSR count). The van der Waals surface area contributed by atoms with Gasteiger partial charge >= 0.3 is 0 Å². The number of amides is 1. The molecule has 7 heteroatoms. The van der Waals surface area contributed by atoms with Gasteiger partial charge in [0.05, 0.1) is 0 Å². The van der Waals surface area contributed by atoms with E-state index in [1.54, 1.807) is 7.05 Å². The second kappa shape index (κ2) is 9.87. The van der Waals surface area contributed by atoms with E-state index < -0.39 is 0 Å². The van der Waals surface area contributed by atoms with Crippen LogP contribution in [0.15, 0.2) is 12.1 Å². The number of carbonyl (C=O) groups is 1. The summed E-state index contributed by atoms with van der Waals surface area (Å²) >= 11 is 0. The Bertz CT molecular complexity index is 677. The Labute approximate surface area is 168 Å². The number of carbonyl (C=O) groups excluding carboxylic acids is 1. The fourth-order valence-corrected chi connectivity index (χ4v) is 4.22. The number of pyridine rings is 1. The molecule has 7 nitrogen and oxygen atoms in total. The van der Waals surface area contributed by atoms with E-state index in [1.165, 1.54) is 38.5 Å². The highest BCUT2D eigenvalue weighted by Crippen LogP contribution is 2.26. The Morgan fingerprint density at radius 2 is 1.82 bits per heavy atom. The van der Waals surface area contributed by atoms with Gasteiger partial charge in [0.25, 0.3) is 5.91 Å². The highest BCUT2D eigenvalue weighted by molar-refractivity contribution is 6.45. The zero-order chi connectivity index (χ0) is 19.9. The Hall–Kier alpha value is -2.15. The van der Waals surface area contributed by atoms with Gasteiger partial charge in [-0.05, 0) is 50.9 Å². The van der Waals surface area contributed by atoms with Gasteiger partial charge in [0.2, 0.25) is 0 Å². The molecule has 2 aliphatic rings. The van der Waals surface area contributed by atoms with E-state index in [0.29, 0.717) is 17.4 Å². The van der Waals surface area contributed by atoms with E-state index >= 15 is 0 Å². The summed E-state index contributed by atoms with van der Waals surface area (Å²) in [6.45, 7) is 1.81. The number of hydrogen-bond acceptors (Lipinski definition) is 6. The van der Waals surface area contributed by atoms with Crippen LogP contribution in [0.5, 0.6) is 0 Å². The molecule has 0 bridgehead atoms. The first-order valence-corrected chi connectivity index (χ1v) is 10.6. The van der Waals surface area contributed by atoms with Crippen LogP contribution in [-0.4, -0.2) is 55.9 Å². The fraction of sp³-hybridized carbons (Fsp3) is 0.667. The lowest BCUT2D eigenvalue weighted by molar-refractivity contribution is -0.115. The van der Waals surface area contributed by atoms with Gasteiger partial charge in [-0.15, -0.1) is 0 Å². The van der Waals surface area contributed by atoms with E-state index in [4.69, 9.17) is 10.4 Å². The molecule has 154 valence electrons. The van der Waals surface area contributed by atoms with Gasteiger partial charge < -0.3 is 20.9 Å². The van der Waals surface area contributed by atoms with Crippen LogP contribution < -0.4 is 20.9 Å². The van der Waals surface area contributed by atoms with Crippen molar-refractivity contribution in [3.63, 3.8) is 0 Å². The molecule has 2 fully saturated rings. The average Bonchev–Trinajstić information content (AvgIpc) is 3.02. The molecule has 0 spiro atoms. The Balaban J connectivity index is 1.71. The monoisotopic (exact) mass is 386 g/mol. The minimum absolute atomic E-state index is 0.0287. The number of nitrogens with zero attached hydrogens (tertiary/aromatic N) is 2. The number of hydrogen-bond donors (Lipinski definition) is 4. The van der Waals surface area contributed by atoms with Crippen molar-refractivity contribution in [3.8, 4) is 0 Å². The zero-order valence-corrected chi connectivity index (χ0v) is 17.2. The Kier molecular flexibility index (Phi) is 7.25. The van der Waals surface area contributed by atoms with Crippen LogP contribution in [0.1, 0.15) is 56.9 Å². The van der Waals surface area contributed by atoms with Gasteiger partial charge in [0.1, 0.15) is 17.3 Å². The molecule has 1 aromatic heterocycles. The third kappa shape index (κ3) is 5.01. The number of rotatable bonds is 6.